The number of benzene rings is 1. The van der Waals surface area contributed by atoms with Crippen LogP contribution in [-0.2, 0) is 0 Å². The maximum Gasteiger partial charge on any atom is 0.250 e. The van der Waals surface area contributed by atoms with E-state index in [9.17, 15) is 0 Å². The molecule has 2 aliphatic heterocycles. The Morgan fingerprint density at radius 2 is 1.52 bits per heavy atom. The number of rotatable bonds is 9. The Kier molecular flexibility index (Phi) is 7.01. The third kappa shape index (κ3) is 5.34. The Bertz CT molecular complexity index is 859. The quantitative estimate of drug-likeness (QED) is 0.484. The Labute approximate surface area is 183 Å². The average molecular weight is 426 g/mol. The molecule has 166 valence electrons. The van der Waals surface area contributed by atoms with Gasteiger partial charge in [-0.05, 0) is 51.7 Å². The van der Waals surface area contributed by atoms with Crippen LogP contribution in [0.25, 0.3) is 0 Å². The van der Waals surface area contributed by atoms with Gasteiger partial charge in [-0.15, -0.1) is 0 Å². The molecule has 0 bridgehead atoms. The smallest absolute Gasteiger partial charge is 0.250 e. The topological polar surface area (TPSA) is 88.0 Å². The van der Waals surface area contributed by atoms with Crippen LogP contribution in [0.5, 0.6) is 11.5 Å². The lowest BCUT2D eigenvalue weighted by Crippen LogP contribution is -2.25. The van der Waals surface area contributed by atoms with E-state index in [0.29, 0.717) is 19.2 Å². The Balaban J connectivity index is 1.53. The van der Waals surface area contributed by atoms with Gasteiger partial charge in [0, 0.05) is 37.8 Å². The second-order valence-corrected chi connectivity index (χ2v) is 7.58. The third-order valence-electron chi connectivity index (χ3n) is 5.35. The van der Waals surface area contributed by atoms with Crippen LogP contribution < -0.4 is 24.7 Å². The SMILES string of the molecule is CCOc1ccc(/C=N/Nc2nc(N3CCCC3)nc(N3CCCC3)n2)c(OCC)c1. The second-order valence-electron chi connectivity index (χ2n) is 7.58. The molecular weight excluding hydrogens is 394 g/mol. The highest BCUT2D eigenvalue weighted by molar-refractivity contribution is 5.84. The molecule has 2 aromatic rings. The highest BCUT2D eigenvalue weighted by atomic mass is 16.5. The van der Waals surface area contributed by atoms with Gasteiger partial charge in [-0.25, -0.2) is 5.43 Å². The molecule has 2 fully saturated rings. The van der Waals surface area contributed by atoms with Gasteiger partial charge >= 0.3 is 0 Å². The van der Waals surface area contributed by atoms with Crippen molar-refractivity contribution in [1.29, 1.82) is 0 Å². The molecule has 1 N–H and O–H groups in total. The lowest BCUT2D eigenvalue weighted by Gasteiger charge is -2.20. The number of hydrazone groups is 1. The minimum atomic E-state index is 0.457. The van der Waals surface area contributed by atoms with Crippen molar-refractivity contribution in [2.45, 2.75) is 39.5 Å². The molecule has 2 aliphatic rings. The molecule has 0 saturated carbocycles. The van der Waals surface area contributed by atoms with Crippen LogP contribution in [0.4, 0.5) is 17.8 Å². The molecule has 2 saturated heterocycles. The van der Waals surface area contributed by atoms with Crippen molar-refractivity contribution in [3.05, 3.63) is 23.8 Å². The fourth-order valence-corrected chi connectivity index (χ4v) is 3.84. The van der Waals surface area contributed by atoms with E-state index in [4.69, 9.17) is 14.5 Å². The number of nitrogens with zero attached hydrogens (tertiary/aromatic N) is 6. The van der Waals surface area contributed by atoms with Crippen molar-refractivity contribution in [1.82, 2.24) is 15.0 Å². The molecule has 0 aliphatic carbocycles. The van der Waals surface area contributed by atoms with Crippen molar-refractivity contribution in [2.24, 2.45) is 5.10 Å². The zero-order chi connectivity index (χ0) is 21.5. The van der Waals surface area contributed by atoms with Gasteiger partial charge in [0.25, 0.3) is 0 Å². The molecule has 0 unspecified atom stereocenters. The number of ether oxygens (including phenoxy) is 2. The van der Waals surface area contributed by atoms with Gasteiger partial charge in [0.2, 0.25) is 17.8 Å². The predicted octanol–water partition coefficient (Wildman–Crippen LogP) is 3.32. The zero-order valence-corrected chi connectivity index (χ0v) is 18.4. The van der Waals surface area contributed by atoms with Gasteiger partial charge in [0.1, 0.15) is 11.5 Å². The van der Waals surface area contributed by atoms with Gasteiger partial charge in [0.15, 0.2) is 0 Å². The summed E-state index contributed by atoms with van der Waals surface area (Å²) in [5.74, 6) is 3.41. The first kappa shape index (κ1) is 21.1. The van der Waals surface area contributed by atoms with E-state index in [2.05, 4.69) is 30.3 Å². The van der Waals surface area contributed by atoms with Crippen molar-refractivity contribution >= 4 is 24.1 Å². The Hall–Kier alpha value is -3.10. The minimum Gasteiger partial charge on any atom is -0.494 e. The summed E-state index contributed by atoms with van der Waals surface area (Å²) in [4.78, 5) is 18.4. The molecule has 31 heavy (non-hydrogen) atoms. The molecule has 0 spiro atoms. The van der Waals surface area contributed by atoms with Crippen LogP contribution in [0.3, 0.4) is 0 Å². The van der Waals surface area contributed by atoms with Gasteiger partial charge in [-0.3, -0.25) is 0 Å². The molecule has 0 atom stereocenters. The average Bonchev–Trinajstić information content (AvgIpc) is 3.50. The maximum atomic E-state index is 5.75. The molecule has 0 amide bonds. The summed E-state index contributed by atoms with van der Waals surface area (Å²) >= 11 is 0. The molecular formula is C22H31N7O2. The largest absolute Gasteiger partial charge is 0.494 e. The third-order valence-corrected chi connectivity index (χ3v) is 5.35. The minimum absolute atomic E-state index is 0.457. The summed E-state index contributed by atoms with van der Waals surface area (Å²) in [5.41, 5.74) is 3.85. The van der Waals surface area contributed by atoms with E-state index in [1.54, 1.807) is 6.21 Å². The summed E-state index contributed by atoms with van der Waals surface area (Å²) < 4.78 is 11.3. The normalized spacial score (nSPS) is 16.3. The van der Waals surface area contributed by atoms with E-state index in [1.165, 1.54) is 25.7 Å². The maximum absolute atomic E-state index is 5.75. The first-order chi connectivity index (χ1) is 15.3. The van der Waals surface area contributed by atoms with Gasteiger partial charge in [-0.2, -0.15) is 20.1 Å². The van der Waals surface area contributed by atoms with Crippen LogP contribution in [0.2, 0.25) is 0 Å². The van der Waals surface area contributed by atoms with E-state index in [-0.39, 0.29) is 0 Å². The van der Waals surface area contributed by atoms with E-state index >= 15 is 0 Å². The van der Waals surface area contributed by atoms with Crippen LogP contribution in [0.15, 0.2) is 23.3 Å². The summed E-state index contributed by atoms with van der Waals surface area (Å²) in [6.07, 6.45) is 6.40. The number of nitrogens with one attached hydrogen (secondary N) is 1. The summed E-state index contributed by atoms with van der Waals surface area (Å²) in [5, 5.41) is 4.38. The summed E-state index contributed by atoms with van der Waals surface area (Å²) in [6.45, 7) is 9.02. The molecule has 4 rings (SSSR count). The highest BCUT2D eigenvalue weighted by Gasteiger charge is 2.21. The van der Waals surface area contributed by atoms with Crippen molar-refractivity contribution in [2.75, 3.05) is 54.6 Å². The fourth-order valence-electron chi connectivity index (χ4n) is 3.84. The molecule has 1 aromatic heterocycles. The van der Waals surface area contributed by atoms with Gasteiger partial charge in [0.05, 0.1) is 19.4 Å². The number of aromatic nitrogens is 3. The Morgan fingerprint density at radius 3 is 2.10 bits per heavy atom. The molecule has 9 heteroatoms. The van der Waals surface area contributed by atoms with Gasteiger partial charge < -0.3 is 19.3 Å². The molecule has 0 radical (unpaired) electrons. The number of hydrogen-bond donors (Lipinski definition) is 1. The summed E-state index contributed by atoms with van der Waals surface area (Å²) in [6, 6.07) is 5.72. The lowest BCUT2D eigenvalue weighted by atomic mass is 10.2. The van der Waals surface area contributed by atoms with Crippen LogP contribution in [-0.4, -0.2) is 60.6 Å². The van der Waals surface area contributed by atoms with E-state index < -0.39 is 0 Å². The van der Waals surface area contributed by atoms with Crippen LogP contribution in [0, 0.1) is 0 Å². The predicted molar refractivity (Wildman–Crippen MR) is 123 cm³/mol. The highest BCUT2D eigenvalue weighted by Crippen LogP contribution is 2.25. The molecule has 9 nitrogen and oxygen atoms in total. The van der Waals surface area contributed by atoms with Gasteiger partial charge in [-0.1, -0.05) is 0 Å². The van der Waals surface area contributed by atoms with E-state index in [0.717, 1.165) is 55.1 Å². The van der Waals surface area contributed by atoms with Crippen LogP contribution >= 0.6 is 0 Å². The second kappa shape index (κ2) is 10.3. The Morgan fingerprint density at radius 1 is 0.903 bits per heavy atom. The van der Waals surface area contributed by atoms with Crippen LogP contribution in [0.1, 0.15) is 45.1 Å². The first-order valence-corrected chi connectivity index (χ1v) is 11.2. The number of hydrogen-bond acceptors (Lipinski definition) is 9. The van der Waals surface area contributed by atoms with E-state index in [1.807, 2.05) is 32.0 Å². The molecule has 3 heterocycles. The fraction of sp³-hybridized carbons (Fsp3) is 0.545. The first-order valence-electron chi connectivity index (χ1n) is 11.2. The lowest BCUT2D eigenvalue weighted by molar-refractivity contribution is 0.323. The zero-order valence-electron chi connectivity index (χ0n) is 18.4. The summed E-state index contributed by atoms with van der Waals surface area (Å²) in [7, 11) is 0. The number of anilines is 3. The standard InChI is InChI=1S/C22H31N7O2/c1-3-30-18-10-9-17(19(15-18)31-4-2)16-23-27-20-24-21(28-11-5-6-12-28)26-22(25-20)29-13-7-8-14-29/h9-10,15-16H,3-8,11-14H2,1-2H3,(H,24,25,26,27)/b23-16+. The van der Waals surface area contributed by atoms with Crippen molar-refractivity contribution < 1.29 is 9.47 Å². The van der Waals surface area contributed by atoms with Crippen molar-refractivity contribution in [3.8, 4) is 11.5 Å². The monoisotopic (exact) mass is 425 g/mol. The molecule has 1 aromatic carbocycles. The van der Waals surface area contributed by atoms with Crippen molar-refractivity contribution in [3.63, 3.8) is 0 Å².